The number of hydrogen-bond acceptors (Lipinski definition) is 4. The van der Waals surface area contributed by atoms with E-state index in [4.69, 9.17) is 0 Å². The topological polar surface area (TPSA) is 84.3 Å². The molecule has 2 N–H and O–H groups in total. The predicted octanol–water partition coefficient (Wildman–Crippen LogP) is 3.23. The van der Waals surface area contributed by atoms with E-state index in [0.717, 1.165) is 12.1 Å². The van der Waals surface area contributed by atoms with Crippen molar-refractivity contribution in [3.8, 4) is 0 Å². The van der Waals surface area contributed by atoms with Gasteiger partial charge in [-0.05, 0) is 25.1 Å². The molecule has 0 aromatic heterocycles. The molecule has 0 aliphatic carbocycles. The maximum atomic E-state index is 13.4. The fraction of sp³-hybridized carbons (Fsp3) is 0.133. The number of benzene rings is 2. The van der Waals surface area contributed by atoms with Gasteiger partial charge in [0.1, 0.15) is 11.6 Å². The third kappa shape index (κ3) is 4.00. The number of nitro groups is 1. The predicted molar refractivity (Wildman–Crippen MR) is 81.3 cm³/mol. The van der Waals surface area contributed by atoms with E-state index >= 15 is 0 Å². The summed E-state index contributed by atoms with van der Waals surface area (Å²) in [7, 11) is 0. The minimum Gasteiger partial charge on any atom is -0.376 e. The zero-order chi connectivity index (χ0) is 17.0. The molecule has 23 heavy (non-hydrogen) atoms. The molecule has 0 spiro atoms. The van der Waals surface area contributed by atoms with E-state index in [1.807, 2.05) is 0 Å². The number of halogens is 2. The molecular formula is C15H13F2N3O3. The van der Waals surface area contributed by atoms with Gasteiger partial charge < -0.3 is 10.6 Å². The van der Waals surface area contributed by atoms with Crippen LogP contribution in [0.3, 0.4) is 0 Å². The summed E-state index contributed by atoms with van der Waals surface area (Å²) < 4.78 is 26.2. The van der Waals surface area contributed by atoms with Crippen LogP contribution in [0.2, 0.25) is 0 Å². The molecule has 0 saturated heterocycles. The first-order valence-electron chi connectivity index (χ1n) is 6.61. The van der Waals surface area contributed by atoms with Crippen LogP contribution in [-0.4, -0.2) is 17.4 Å². The second-order valence-corrected chi connectivity index (χ2v) is 4.73. The van der Waals surface area contributed by atoms with Gasteiger partial charge in [0.15, 0.2) is 0 Å². The highest BCUT2D eigenvalue weighted by molar-refractivity contribution is 5.94. The molecule has 2 rings (SSSR count). The normalized spacial score (nSPS) is 10.2. The first-order chi connectivity index (χ1) is 10.9. The number of rotatable bonds is 5. The van der Waals surface area contributed by atoms with Crippen molar-refractivity contribution in [2.24, 2.45) is 0 Å². The number of carbonyl (C=O) groups excluding carboxylic acids is 1. The van der Waals surface area contributed by atoms with Crippen LogP contribution in [0.5, 0.6) is 0 Å². The number of amides is 1. The lowest BCUT2D eigenvalue weighted by Crippen LogP contribution is -2.22. The van der Waals surface area contributed by atoms with Crippen molar-refractivity contribution >= 4 is 23.0 Å². The molecule has 8 heteroatoms. The minimum absolute atomic E-state index is 0.0695. The van der Waals surface area contributed by atoms with Crippen molar-refractivity contribution in [3.05, 3.63) is 63.7 Å². The van der Waals surface area contributed by atoms with Crippen molar-refractivity contribution < 1.29 is 18.5 Å². The number of nitro benzene ring substituents is 1. The highest BCUT2D eigenvalue weighted by Crippen LogP contribution is 2.24. The fourth-order valence-electron chi connectivity index (χ4n) is 1.97. The molecule has 0 unspecified atom stereocenters. The molecule has 2 aromatic carbocycles. The number of anilines is 2. The molecule has 2 aromatic rings. The van der Waals surface area contributed by atoms with Gasteiger partial charge in [0.2, 0.25) is 5.91 Å². The number of nitrogens with one attached hydrogen (secondary N) is 2. The van der Waals surface area contributed by atoms with E-state index in [1.54, 1.807) is 13.0 Å². The summed E-state index contributed by atoms with van der Waals surface area (Å²) in [6, 6.07) is 7.24. The Hall–Kier alpha value is -3.03. The van der Waals surface area contributed by atoms with Gasteiger partial charge in [0.25, 0.3) is 5.69 Å². The summed E-state index contributed by atoms with van der Waals surface area (Å²) in [5.41, 5.74) is 0.598. The van der Waals surface area contributed by atoms with Crippen molar-refractivity contribution in [1.29, 1.82) is 0 Å². The zero-order valence-electron chi connectivity index (χ0n) is 12.1. The summed E-state index contributed by atoms with van der Waals surface area (Å²) in [6.07, 6.45) is 0. The summed E-state index contributed by atoms with van der Waals surface area (Å²) in [6.45, 7) is 1.33. The highest BCUT2D eigenvalue weighted by Gasteiger charge is 2.14. The van der Waals surface area contributed by atoms with Gasteiger partial charge in [-0.3, -0.25) is 14.9 Å². The fourth-order valence-corrected chi connectivity index (χ4v) is 1.97. The average molecular weight is 321 g/mol. The molecule has 0 atom stereocenters. The van der Waals surface area contributed by atoms with E-state index in [2.05, 4.69) is 10.6 Å². The van der Waals surface area contributed by atoms with Crippen molar-refractivity contribution in [3.63, 3.8) is 0 Å². The third-order valence-electron chi connectivity index (χ3n) is 3.15. The van der Waals surface area contributed by atoms with Gasteiger partial charge in [-0.15, -0.1) is 0 Å². The van der Waals surface area contributed by atoms with E-state index in [-0.39, 0.29) is 17.9 Å². The van der Waals surface area contributed by atoms with Crippen molar-refractivity contribution in [1.82, 2.24) is 0 Å². The Labute approximate surface area is 130 Å². The second kappa shape index (κ2) is 6.82. The van der Waals surface area contributed by atoms with E-state index in [1.165, 1.54) is 12.1 Å². The molecule has 0 aliphatic rings. The molecule has 0 saturated carbocycles. The van der Waals surface area contributed by atoms with E-state index < -0.39 is 22.5 Å². The van der Waals surface area contributed by atoms with Crippen LogP contribution >= 0.6 is 0 Å². The van der Waals surface area contributed by atoms with Gasteiger partial charge in [-0.2, -0.15) is 0 Å². The van der Waals surface area contributed by atoms with Crippen LogP contribution in [0.4, 0.5) is 25.8 Å². The summed E-state index contributed by atoms with van der Waals surface area (Å²) >= 11 is 0. The molecule has 120 valence electrons. The number of hydrogen-bond donors (Lipinski definition) is 2. The van der Waals surface area contributed by atoms with E-state index in [0.29, 0.717) is 17.3 Å². The SMILES string of the molecule is Cc1c(NCC(=O)Nc2ccc(F)cc2F)cccc1[N+](=O)[O-]. The molecular weight excluding hydrogens is 308 g/mol. The Morgan fingerprint density at radius 3 is 2.61 bits per heavy atom. The summed E-state index contributed by atoms with van der Waals surface area (Å²) in [4.78, 5) is 22.1. The van der Waals surface area contributed by atoms with Crippen LogP contribution in [0.1, 0.15) is 5.56 Å². The van der Waals surface area contributed by atoms with Crippen molar-refractivity contribution in [2.45, 2.75) is 6.92 Å². The Morgan fingerprint density at radius 2 is 1.96 bits per heavy atom. The molecule has 0 radical (unpaired) electrons. The Kier molecular flexibility index (Phi) is 4.85. The van der Waals surface area contributed by atoms with Gasteiger partial charge in [0.05, 0.1) is 17.2 Å². The van der Waals surface area contributed by atoms with Crippen LogP contribution in [0.25, 0.3) is 0 Å². The maximum Gasteiger partial charge on any atom is 0.274 e. The quantitative estimate of drug-likeness (QED) is 0.654. The molecule has 1 amide bonds. The van der Waals surface area contributed by atoms with Gasteiger partial charge in [0, 0.05) is 23.4 Å². The lowest BCUT2D eigenvalue weighted by molar-refractivity contribution is -0.385. The first kappa shape index (κ1) is 16.3. The number of carbonyl (C=O) groups is 1. The monoisotopic (exact) mass is 321 g/mol. The lowest BCUT2D eigenvalue weighted by Gasteiger charge is -2.10. The van der Waals surface area contributed by atoms with E-state index in [9.17, 15) is 23.7 Å². The standard InChI is InChI=1S/C15H13F2N3O3/c1-9-12(3-2-4-14(9)20(22)23)18-8-15(21)19-13-6-5-10(16)7-11(13)17/h2-7,18H,8H2,1H3,(H,19,21). The van der Waals surface area contributed by atoms with Crippen LogP contribution in [-0.2, 0) is 4.79 Å². The van der Waals surface area contributed by atoms with Crippen LogP contribution in [0.15, 0.2) is 36.4 Å². The van der Waals surface area contributed by atoms with Crippen LogP contribution < -0.4 is 10.6 Å². The van der Waals surface area contributed by atoms with Crippen LogP contribution in [0, 0.1) is 28.7 Å². The first-order valence-corrected chi connectivity index (χ1v) is 6.61. The zero-order valence-corrected chi connectivity index (χ0v) is 12.1. The van der Waals surface area contributed by atoms with Gasteiger partial charge in [-0.1, -0.05) is 6.07 Å². The Bertz CT molecular complexity index is 766. The summed E-state index contributed by atoms with van der Waals surface area (Å²) in [5, 5.41) is 15.9. The smallest absolute Gasteiger partial charge is 0.274 e. The molecule has 0 bridgehead atoms. The second-order valence-electron chi connectivity index (χ2n) is 4.73. The Morgan fingerprint density at radius 1 is 1.22 bits per heavy atom. The molecule has 6 nitrogen and oxygen atoms in total. The minimum atomic E-state index is -0.884. The third-order valence-corrected chi connectivity index (χ3v) is 3.15. The molecule has 0 fully saturated rings. The van der Waals surface area contributed by atoms with Crippen molar-refractivity contribution in [2.75, 3.05) is 17.2 Å². The van der Waals surface area contributed by atoms with Gasteiger partial charge >= 0.3 is 0 Å². The molecule has 0 heterocycles. The lowest BCUT2D eigenvalue weighted by atomic mass is 10.1. The molecule has 0 aliphatic heterocycles. The van der Waals surface area contributed by atoms with Gasteiger partial charge in [-0.25, -0.2) is 8.78 Å². The summed E-state index contributed by atoms with van der Waals surface area (Å²) in [5.74, 6) is -2.20. The largest absolute Gasteiger partial charge is 0.376 e. The average Bonchev–Trinajstić information content (AvgIpc) is 2.49. The maximum absolute atomic E-state index is 13.4. The highest BCUT2D eigenvalue weighted by atomic mass is 19.1. The Balaban J connectivity index is 2.02. The number of nitrogens with zero attached hydrogens (tertiary/aromatic N) is 1.